The summed E-state index contributed by atoms with van der Waals surface area (Å²) in [6.07, 6.45) is 29.2. The molecular formula is C21H32O2. The topological polar surface area (TPSA) is 26.3 Å². The predicted octanol–water partition coefficient (Wildman–Crippen LogP) is 6.08. The summed E-state index contributed by atoms with van der Waals surface area (Å²) in [5, 5.41) is 0. The Bertz CT molecular complexity index is 412. The summed E-state index contributed by atoms with van der Waals surface area (Å²) in [7, 11) is 1.43. The molecule has 0 unspecified atom stereocenters. The molecule has 0 spiro atoms. The SMILES string of the molecule is CC/C=C\C/C=C\C/C=C\C/C=C\C/C=C\CCCC(=O)OC. The molecule has 0 amide bonds. The predicted molar refractivity (Wildman–Crippen MR) is 100 cm³/mol. The van der Waals surface area contributed by atoms with Gasteiger partial charge in [-0.05, 0) is 44.9 Å². The Hall–Kier alpha value is -1.83. The zero-order chi connectivity index (χ0) is 17.0. The van der Waals surface area contributed by atoms with Crippen molar-refractivity contribution in [1.29, 1.82) is 0 Å². The number of esters is 1. The molecule has 0 atom stereocenters. The molecule has 0 heterocycles. The van der Waals surface area contributed by atoms with Crippen LogP contribution in [0.5, 0.6) is 0 Å². The van der Waals surface area contributed by atoms with Crippen molar-refractivity contribution in [1.82, 2.24) is 0 Å². The van der Waals surface area contributed by atoms with Gasteiger partial charge in [-0.1, -0.05) is 67.7 Å². The van der Waals surface area contributed by atoms with E-state index in [4.69, 9.17) is 0 Å². The minimum atomic E-state index is -0.127. The van der Waals surface area contributed by atoms with E-state index in [-0.39, 0.29) is 5.97 Å². The van der Waals surface area contributed by atoms with Gasteiger partial charge in [-0.3, -0.25) is 4.79 Å². The molecular weight excluding hydrogens is 284 g/mol. The second-order valence-electron chi connectivity index (χ2n) is 5.18. The maximum absolute atomic E-state index is 10.9. The molecule has 0 saturated heterocycles. The van der Waals surface area contributed by atoms with Crippen molar-refractivity contribution in [3.8, 4) is 0 Å². The molecule has 0 saturated carbocycles. The van der Waals surface area contributed by atoms with Crippen molar-refractivity contribution in [3.63, 3.8) is 0 Å². The molecule has 2 nitrogen and oxygen atoms in total. The minimum absolute atomic E-state index is 0.127. The maximum Gasteiger partial charge on any atom is 0.305 e. The van der Waals surface area contributed by atoms with Gasteiger partial charge in [-0.15, -0.1) is 0 Å². The average molecular weight is 316 g/mol. The number of carbonyl (C=O) groups is 1. The lowest BCUT2D eigenvalue weighted by molar-refractivity contribution is -0.140. The lowest BCUT2D eigenvalue weighted by Crippen LogP contribution is -1.98. The standard InChI is InChI=1S/C21H32O2/c1-3-4-5-6-7-8-9-10-11-12-13-14-15-16-17-18-19-20-21(22)23-2/h4-5,7-8,10-11,13-14,16-17H,3,6,9,12,15,18-20H2,1-2H3/b5-4-,8-7-,11-10-,14-13-,17-16-. The van der Waals surface area contributed by atoms with Gasteiger partial charge >= 0.3 is 5.97 Å². The Balaban J connectivity index is 3.47. The van der Waals surface area contributed by atoms with Crippen LogP contribution in [0.2, 0.25) is 0 Å². The summed E-state index contributed by atoms with van der Waals surface area (Å²) in [4.78, 5) is 10.9. The van der Waals surface area contributed by atoms with E-state index in [1.807, 2.05) is 0 Å². The number of hydrogen-bond acceptors (Lipinski definition) is 2. The van der Waals surface area contributed by atoms with Crippen LogP contribution in [0.1, 0.15) is 58.3 Å². The van der Waals surface area contributed by atoms with Crippen LogP contribution in [-0.4, -0.2) is 13.1 Å². The fraction of sp³-hybridized carbons (Fsp3) is 0.476. The number of hydrogen-bond donors (Lipinski definition) is 0. The first-order valence-electron chi connectivity index (χ1n) is 8.63. The van der Waals surface area contributed by atoms with Crippen LogP contribution < -0.4 is 0 Å². The van der Waals surface area contributed by atoms with Crippen molar-refractivity contribution in [2.24, 2.45) is 0 Å². The van der Waals surface area contributed by atoms with Crippen molar-refractivity contribution in [2.45, 2.75) is 58.3 Å². The minimum Gasteiger partial charge on any atom is -0.469 e. The molecule has 0 aromatic carbocycles. The van der Waals surface area contributed by atoms with E-state index in [1.54, 1.807) is 0 Å². The summed E-state index contributed by atoms with van der Waals surface area (Å²) >= 11 is 0. The highest BCUT2D eigenvalue weighted by Crippen LogP contribution is 2.00. The maximum atomic E-state index is 10.9. The van der Waals surface area contributed by atoms with E-state index < -0.39 is 0 Å². The van der Waals surface area contributed by atoms with Crippen LogP contribution in [0.3, 0.4) is 0 Å². The first-order chi connectivity index (χ1) is 11.3. The van der Waals surface area contributed by atoms with Crippen LogP contribution in [0.4, 0.5) is 0 Å². The van der Waals surface area contributed by atoms with E-state index in [0.29, 0.717) is 6.42 Å². The van der Waals surface area contributed by atoms with E-state index in [9.17, 15) is 4.79 Å². The highest BCUT2D eigenvalue weighted by Gasteiger charge is 1.96. The van der Waals surface area contributed by atoms with Gasteiger partial charge in [0.25, 0.3) is 0 Å². The molecule has 0 aromatic heterocycles. The van der Waals surface area contributed by atoms with Gasteiger partial charge < -0.3 is 4.74 Å². The van der Waals surface area contributed by atoms with Crippen LogP contribution >= 0.6 is 0 Å². The van der Waals surface area contributed by atoms with Crippen molar-refractivity contribution in [3.05, 3.63) is 60.8 Å². The molecule has 0 radical (unpaired) electrons. The Kier molecular flexibility index (Phi) is 16.8. The zero-order valence-electron chi connectivity index (χ0n) is 14.7. The number of allylic oxidation sites excluding steroid dienone is 10. The monoisotopic (exact) mass is 316 g/mol. The second-order valence-corrected chi connectivity index (χ2v) is 5.18. The highest BCUT2D eigenvalue weighted by molar-refractivity contribution is 5.69. The third-order valence-corrected chi connectivity index (χ3v) is 3.14. The van der Waals surface area contributed by atoms with Crippen LogP contribution in [-0.2, 0) is 9.53 Å². The molecule has 0 fully saturated rings. The van der Waals surface area contributed by atoms with Gasteiger partial charge in [0.2, 0.25) is 0 Å². The molecule has 128 valence electrons. The third kappa shape index (κ3) is 18.1. The fourth-order valence-corrected chi connectivity index (χ4v) is 1.83. The Morgan fingerprint density at radius 1 is 0.739 bits per heavy atom. The number of rotatable bonds is 13. The van der Waals surface area contributed by atoms with Crippen molar-refractivity contribution >= 4 is 5.97 Å². The first-order valence-corrected chi connectivity index (χ1v) is 8.63. The van der Waals surface area contributed by atoms with Crippen LogP contribution in [0.15, 0.2) is 60.8 Å². The first kappa shape index (κ1) is 21.2. The number of unbranched alkanes of at least 4 members (excludes halogenated alkanes) is 1. The van der Waals surface area contributed by atoms with Gasteiger partial charge in [0.15, 0.2) is 0 Å². The fourth-order valence-electron chi connectivity index (χ4n) is 1.83. The number of ether oxygens (including phenoxy) is 1. The molecule has 0 aliphatic carbocycles. The van der Waals surface area contributed by atoms with E-state index in [1.165, 1.54) is 7.11 Å². The molecule has 0 bridgehead atoms. The molecule has 0 aromatic rings. The van der Waals surface area contributed by atoms with Gasteiger partial charge in [0.1, 0.15) is 0 Å². The molecule has 0 aliphatic rings. The molecule has 0 rings (SSSR count). The van der Waals surface area contributed by atoms with E-state index in [0.717, 1.165) is 44.9 Å². The average Bonchev–Trinajstić information content (AvgIpc) is 2.57. The second kappa shape index (κ2) is 18.2. The molecule has 23 heavy (non-hydrogen) atoms. The van der Waals surface area contributed by atoms with Gasteiger partial charge in [-0.25, -0.2) is 0 Å². The largest absolute Gasteiger partial charge is 0.469 e. The molecule has 2 heteroatoms. The number of carbonyl (C=O) groups excluding carboxylic acids is 1. The van der Waals surface area contributed by atoms with Gasteiger partial charge in [0.05, 0.1) is 7.11 Å². The Morgan fingerprint density at radius 3 is 1.61 bits per heavy atom. The smallest absolute Gasteiger partial charge is 0.305 e. The third-order valence-electron chi connectivity index (χ3n) is 3.14. The lowest BCUT2D eigenvalue weighted by Gasteiger charge is -1.95. The summed E-state index contributed by atoms with van der Waals surface area (Å²) in [6, 6.07) is 0. The van der Waals surface area contributed by atoms with E-state index >= 15 is 0 Å². The van der Waals surface area contributed by atoms with Crippen LogP contribution in [0, 0.1) is 0 Å². The van der Waals surface area contributed by atoms with Crippen molar-refractivity contribution in [2.75, 3.05) is 7.11 Å². The summed E-state index contributed by atoms with van der Waals surface area (Å²) < 4.78 is 4.59. The normalized spacial score (nSPS) is 12.6. The van der Waals surface area contributed by atoms with Crippen molar-refractivity contribution < 1.29 is 9.53 Å². The summed E-state index contributed by atoms with van der Waals surface area (Å²) in [5.74, 6) is -0.127. The van der Waals surface area contributed by atoms with Gasteiger partial charge in [-0.2, -0.15) is 0 Å². The van der Waals surface area contributed by atoms with E-state index in [2.05, 4.69) is 72.4 Å². The Labute approximate surface area is 142 Å². The van der Waals surface area contributed by atoms with Gasteiger partial charge in [0, 0.05) is 6.42 Å². The highest BCUT2D eigenvalue weighted by atomic mass is 16.5. The lowest BCUT2D eigenvalue weighted by atomic mass is 10.2. The molecule has 0 N–H and O–H groups in total. The zero-order valence-corrected chi connectivity index (χ0v) is 14.7. The van der Waals surface area contributed by atoms with Crippen LogP contribution in [0.25, 0.3) is 0 Å². The summed E-state index contributed by atoms with van der Waals surface area (Å²) in [5.41, 5.74) is 0. The number of methoxy groups -OCH3 is 1. The summed E-state index contributed by atoms with van der Waals surface area (Å²) in [6.45, 7) is 2.15. The molecule has 0 aliphatic heterocycles. The quantitative estimate of drug-likeness (QED) is 0.234. The Morgan fingerprint density at radius 2 is 1.17 bits per heavy atom.